The quantitative estimate of drug-likeness (QED) is 0.848. The fourth-order valence-electron chi connectivity index (χ4n) is 1.85. The predicted octanol–water partition coefficient (Wildman–Crippen LogP) is 2.19. The molecule has 4 nitrogen and oxygen atoms in total. The van der Waals surface area contributed by atoms with Gasteiger partial charge in [-0.05, 0) is 37.3 Å². The highest BCUT2D eigenvalue weighted by Crippen LogP contribution is 2.30. The van der Waals surface area contributed by atoms with E-state index in [0.29, 0.717) is 5.56 Å². The van der Waals surface area contributed by atoms with Crippen molar-refractivity contribution in [1.29, 1.82) is 0 Å². The Hall–Kier alpha value is -1.58. The molecule has 1 aromatic heterocycles. The van der Waals surface area contributed by atoms with Crippen LogP contribution in [0.15, 0.2) is 12.1 Å². The molecule has 1 N–H and O–H groups in total. The van der Waals surface area contributed by atoms with E-state index in [-0.39, 0.29) is 0 Å². The van der Waals surface area contributed by atoms with Crippen LogP contribution < -0.4 is 4.90 Å². The van der Waals surface area contributed by atoms with Crippen molar-refractivity contribution in [3.05, 3.63) is 23.4 Å². The van der Waals surface area contributed by atoms with Crippen molar-refractivity contribution < 1.29 is 9.90 Å². The zero-order valence-corrected chi connectivity index (χ0v) is 10.3. The lowest BCUT2D eigenvalue weighted by molar-refractivity contribution is 0.0696. The highest BCUT2D eigenvalue weighted by Gasteiger charge is 2.23. The topological polar surface area (TPSA) is 53.4 Å². The molecule has 0 aliphatic heterocycles. The minimum Gasteiger partial charge on any atom is -0.478 e. The zero-order valence-electron chi connectivity index (χ0n) is 10.3. The number of carbonyl (C=O) groups is 1. The second-order valence-corrected chi connectivity index (χ2v) is 4.69. The van der Waals surface area contributed by atoms with Crippen molar-refractivity contribution >= 4 is 11.8 Å². The Balaban J connectivity index is 2.24. The van der Waals surface area contributed by atoms with Crippen LogP contribution >= 0.6 is 0 Å². The molecule has 2 rings (SSSR count). The fraction of sp³-hybridized carbons (Fsp3) is 0.538. The molecule has 0 aromatic carbocycles. The van der Waals surface area contributed by atoms with Gasteiger partial charge in [0.1, 0.15) is 5.82 Å². The van der Waals surface area contributed by atoms with Gasteiger partial charge >= 0.3 is 5.97 Å². The average molecular weight is 234 g/mol. The summed E-state index contributed by atoms with van der Waals surface area (Å²) in [5.41, 5.74) is 1.16. The summed E-state index contributed by atoms with van der Waals surface area (Å²) in [6.07, 6.45) is 3.32. The number of hydrogen-bond donors (Lipinski definition) is 1. The Labute approximate surface area is 101 Å². The smallest absolute Gasteiger partial charge is 0.335 e. The predicted molar refractivity (Wildman–Crippen MR) is 66.6 cm³/mol. The SMILES string of the molecule is CCc1cc(C(=O)O)cc(N(C)CC2CC2)n1. The lowest BCUT2D eigenvalue weighted by Crippen LogP contribution is -2.22. The first-order chi connectivity index (χ1) is 8.10. The van der Waals surface area contributed by atoms with E-state index >= 15 is 0 Å². The summed E-state index contributed by atoms with van der Waals surface area (Å²) in [4.78, 5) is 17.6. The third-order valence-electron chi connectivity index (χ3n) is 3.09. The number of rotatable bonds is 5. The molecule has 0 atom stereocenters. The molecule has 4 heteroatoms. The number of carboxylic acid groups (broad SMARTS) is 1. The van der Waals surface area contributed by atoms with Gasteiger partial charge in [-0.1, -0.05) is 6.92 Å². The highest BCUT2D eigenvalue weighted by atomic mass is 16.4. The van der Waals surface area contributed by atoms with Crippen LogP contribution in [-0.4, -0.2) is 29.7 Å². The number of hydrogen-bond acceptors (Lipinski definition) is 3. The average Bonchev–Trinajstić information content (AvgIpc) is 3.12. The van der Waals surface area contributed by atoms with Crippen LogP contribution in [-0.2, 0) is 6.42 Å². The molecule has 0 unspecified atom stereocenters. The molecule has 0 bridgehead atoms. The van der Waals surface area contributed by atoms with E-state index in [0.717, 1.165) is 30.4 Å². The number of nitrogens with zero attached hydrogens (tertiary/aromatic N) is 2. The van der Waals surface area contributed by atoms with Crippen molar-refractivity contribution in [3.63, 3.8) is 0 Å². The summed E-state index contributed by atoms with van der Waals surface area (Å²) >= 11 is 0. The van der Waals surface area contributed by atoms with E-state index in [9.17, 15) is 4.79 Å². The van der Waals surface area contributed by atoms with Crippen LogP contribution in [0.2, 0.25) is 0 Å². The second-order valence-electron chi connectivity index (χ2n) is 4.69. The summed E-state index contributed by atoms with van der Waals surface area (Å²) < 4.78 is 0. The van der Waals surface area contributed by atoms with Crippen LogP contribution in [0.5, 0.6) is 0 Å². The number of aryl methyl sites for hydroxylation is 1. The van der Waals surface area contributed by atoms with Gasteiger partial charge in [0.2, 0.25) is 0 Å². The lowest BCUT2D eigenvalue weighted by Gasteiger charge is -2.19. The Morgan fingerprint density at radius 1 is 1.53 bits per heavy atom. The molecule has 92 valence electrons. The van der Waals surface area contributed by atoms with Crippen LogP contribution in [0.1, 0.15) is 35.8 Å². The van der Waals surface area contributed by atoms with E-state index in [1.54, 1.807) is 12.1 Å². The largest absolute Gasteiger partial charge is 0.478 e. The van der Waals surface area contributed by atoms with Gasteiger partial charge in [-0.2, -0.15) is 0 Å². The van der Waals surface area contributed by atoms with Gasteiger partial charge in [0.15, 0.2) is 0 Å². The highest BCUT2D eigenvalue weighted by molar-refractivity contribution is 5.88. The van der Waals surface area contributed by atoms with Gasteiger partial charge in [-0.3, -0.25) is 0 Å². The molecule has 0 amide bonds. The third-order valence-corrected chi connectivity index (χ3v) is 3.09. The van der Waals surface area contributed by atoms with Crippen LogP contribution in [0.3, 0.4) is 0 Å². The second kappa shape index (κ2) is 4.73. The molecule has 1 heterocycles. The standard InChI is InChI=1S/C13H18N2O2/c1-3-11-6-10(13(16)17)7-12(14-11)15(2)8-9-4-5-9/h6-7,9H,3-5,8H2,1-2H3,(H,16,17). The normalized spacial score (nSPS) is 14.7. The molecule has 0 saturated heterocycles. The maximum Gasteiger partial charge on any atom is 0.335 e. The minimum atomic E-state index is -0.886. The van der Waals surface area contributed by atoms with Gasteiger partial charge in [0.25, 0.3) is 0 Å². The first kappa shape index (κ1) is 11.9. The van der Waals surface area contributed by atoms with E-state index < -0.39 is 5.97 Å². The molecule has 1 saturated carbocycles. The number of aromatic carboxylic acids is 1. The summed E-state index contributed by atoms with van der Waals surface area (Å²) in [6, 6.07) is 3.31. The van der Waals surface area contributed by atoms with Crippen LogP contribution in [0.4, 0.5) is 5.82 Å². The fourth-order valence-corrected chi connectivity index (χ4v) is 1.85. The Morgan fingerprint density at radius 2 is 2.24 bits per heavy atom. The molecule has 1 aliphatic carbocycles. The molecule has 17 heavy (non-hydrogen) atoms. The zero-order chi connectivity index (χ0) is 12.4. The van der Waals surface area contributed by atoms with E-state index in [1.165, 1.54) is 12.8 Å². The molecule has 0 spiro atoms. The van der Waals surface area contributed by atoms with Gasteiger partial charge in [0, 0.05) is 19.3 Å². The van der Waals surface area contributed by atoms with Crippen molar-refractivity contribution in [3.8, 4) is 0 Å². The van der Waals surface area contributed by atoms with Crippen molar-refractivity contribution in [2.45, 2.75) is 26.2 Å². The number of pyridine rings is 1. The van der Waals surface area contributed by atoms with Crippen LogP contribution in [0.25, 0.3) is 0 Å². The number of carboxylic acids is 1. The van der Waals surface area contributed by atoms with Gasteiger partial charge in [-0.15, -0.1) is 0 Å². The van der Waals surface area contributed by atoms with Gasteiger partial charge in [0.05, 0.1) is 5.56 Å². The lowest BCUT2D eigenvalue weighted by atomic mass is 10.2. The summed E-state index contributed by atoms with van der Waals surface area (Å²) in [5, 5.41) is 9.06. The Bertz CT molecular complexity index is 427. The molecule has 1 aromatic rings. The summed E-state index contributed by atoms with van der Waals surface area (Å²) in [7, 11) is 1.98. The summed E-state index contributed by atoms with van der Waals surface area (Å²) in [5.74, 6) is 0.650. The molecule has 1 fully saturated rings. The molecular weight excluding hydrogens is 216 g/mol. The Morgan fingerprint density at radius 3 is 2.76 bits per heavy atom. The van der Waals surface area contributed by atoms with Crippen LogP contribution in [0, 0.1) is 5.92 Å². The third kappa shape index (κ3) is 2.96. The van der Waals surface area contributed by atoms with Gasteiger partial charge in [-0.25, -0.2) is 9.78 Å². The maximum atomic E-state index is 11.0. The van der Waals surface area contributed by atoms with Gasteiger partial charge < -0.3 is 10.0 Å². The molecule has 1 aliphatic rings. The van der Waals surface area contributed by atoms with Crippen molar-refractivity contribution in [1.82, 2.24) is 4.98 Å². The first-order valence-corrected chi connectivity index (χ1v) is 6.05. The number of aromatic nitrogens is 1. The number of anilines is 1. The van der Waals surface area contributed by atoms with E-state index in [2.05, 4.69) is 9.88 Å². The van der Waals surface area contributed by atoms with Crippen molar-refractivity contribution in [2.75, 3.05) is 18.5 Å². The minimum absolute atomic E-state index is 0.328. The summed E-state index contributed by atoms with van der Waals surface area (Å²) in [6.45, 7) is 2.96. The monoisotopic (exact) mass is 234 g/mol. The molecule has 0 radical (unpaired) electrons. The maximum absolute atomic E-state index is 11.0. The Kier molecular flexibility index (Phi) is 3.31. The first-order valence-electron chi connectivity index (χ1n) is 6.05. The van der Waals surface area contributed by atoms with E-state index in [1.807, 2.05) is 14.0 Å². The van der Waals surface area contributed by atoms with Crippen molar-refractivity contribution in [2.24, 2.45) is 5.92 Å². The molecular formula is C13H18N2O2. The van der Waals surface area contributed by atoms with E-state index in [4.69, 9.17) is 5.11 Å².